The Morgan fingerprint density at radius 3 is 2.59 bits per heavy atom. The Labute approximate surface area is 103 Å². The molecule has 2 aromatic carbocycles. The number of fused-ring (bicyclic) bond motifs is 1. The Morgan fingerprint density at radius 1 is 1.06 bits per heavy atom. The SMILES string of the molecule is Cc1c(OCCN(C)C)ccc2ccccc12. The minimum atomic E-state index is 0.728. The molecule has 0 aliphatic rings. The summed E-state index contributed by atoms with van der Waals surface area (Å²) in [4.78, 5) is 2.12. The van der Waals surface area contributed by atoms with Gasteiger partial charge < -0.3 is 9.64 Å². The maximum Gasteiger partial charge on any atom is 0.122 e. The van der Waals surface area contributed by atoms with E-state index in [4.69, 9.17) is 4.74 Å². The van der Waals surface area contributed by atoms with Crippen LogP contribution >= 0.6 is 0 Å². The fourth-order valence-electron chi connectivity index (χ4n) is 1.90. The van der Waals surface area contributed by atoms with E-state index in [1.54, 1.807) is 0 Å². The molecule has 0 unspecified atom stereocenters. The van der Waals surface area contributed by atoms with Crippen molar-refractivity contribution >= 4 is 10.8 Å². The summed E-state index contributed by atoms with van der Waals surface area (Å²) in [6, 6.07) is 12.6. The van der Waals surface area contributed by atoms with Crippen LogP contribution in [0.4, 0.5) is 0 Å². The molecule has 90 valence electrons. The third kappa shape index (κ3) is 2.77. The maximum atomic E-state index is 5.81. The largest absolute Gasteiger partial charge is 0.492 e. The molecule has 0 heterocycles. The molecule has 0 bridgehead atoms. The second-order valence-corrected chi connectivity index (χ2v) is 4.56. The first kappa shape index (κ1) is 11.9. The number of nitrogens with zero attached hydrogens (tertiary/aromatic N) is 1. The number of aryl methyl sites for hydroxylation is 1. The normalized spacial score (nSPS) is 11.1. The van der Waals surface area contributed by atoms with Crippen molar-refractivity contribution < 1.29 is 4.74 Å². The Bertz CT molecular complexity index is 505. The molecule has 0 aliphatic carbocycles. The number of hydrogen-bond acceptors (Lipinski definition) is 2. The summed E-state index contributed by atoms with van der Waals surface area (Å²) < 4.78 is 5.81. The zero-order chi connectivity index (χ0) is 12.3. The smallest absolute Gasteiger partial charge is 0.122 e. The molecule has 0 amide bonds. The van der Waals surface area contributed by atoms with Gasteiger partial charge >= 0.3 is 0 Å². The van der Waals surface area contributed by atoms with Crippen LogP contribution in [0, 0.1) is 6.92 Å². The van der Waals surface area contributed by atoms with Gasteiger partial charge in [-0.15, -0.1) is 0 Å². The van der Waals surface area contributed by atoms with Crippen molar-refractivity contribution in [3.05, 3.63) is 42.0 Å². The number of rotatable bonds is 4. The van der Waals surface area contributed by atoms with E-state index in [-0.39, 0.29) is 0 Å². The Kier molecular flexibility index (Phi) is 3.64. The minimum Gasteiger partial charge on any atom is -0.492 e. The highest BCUT2D eigenvalue weighted by Gasteiger charge is 2.03. The molecule has 0 spiro atoms. The second-order valence-electron chi connectivity index (χ2n) is 4.56. The van der Waals surface area contributed by atoms with Crippen LogP contribution < -0.4 is 4.74 Å². The molecule has 0 aliphatic heterocycles. The molecule has 0 radical (unpaired) electrons. The summed E-state index contributed by atoms with van der Waals surface area (Å²) in [5.74, 6) is 0.991. The van der Waals surface area contributed by atoms with Gasteiger partial charge in [-0.25, -0.2) is 0 Å². The summed E-state index contributed by atoms with van der Waals surface area (Å²) in [6.07, 6.45) is 0. The first-order chi connectivity index (χ1) is 8.18. The molecule has 2 nitrogen and oxygen atoms in total. The van der Waals surface area contributed by atoms with Crippen molar-refractivity contribution in [2.45, 2.75) is 6.92 Å². The molecule has 0 saturated carbocycles. The van der Waals surface area contributed by atoms with Gasteiger partial charge in [-0.3, -0.25) is 0 Å². The molecule has 0 atom stereocenters. The van der Waals surface area contributed by atoms with Crippen LogP contribution in [-0.2, 0) is 0 Å². The van der Waals surface area contributed by atoms with Gasteiger partial charge in [0.15, 0.2) is 0 Å². The standard InChI is InChI=1S/C15H19NO/c1-12-14-7-5-4-6-13(14)8-9-15(12)17-11-10-16(2)3/h4-9H,10-11H2,1-3H3. The Morgan fingerprint density at radius 2 is 1.82 bits per heavy atom. The predicted molar refractivity (Wildman–Crippen MR) is 72.7 cm³/mol. The average molecular weight is 229 g/mol. The third-order valence-corrected chi connectivity index (χ3v) is 2.94. The van der Waals surface area contributed by atoms with Crippen LogP contribution in [0.5, 0.6) is 5.75 Å². The molecule has 17 heavy (non-hydrogen) atoms. The summed E-state index contributed by atoms with van der Waals surface area (Å²) in [5.41, 5.74) is 1.22. The van der Waals surface area contributed by atoms with Gasteiger partial charge in [0.1, 0.15) is 12.4 Å². The van der Waals surface area contributed by atoms with Gasteiger partial charge in [-0.05, 0) is 43.4 Å². The quantitative estimate of drug-likeness (QED) is 0.799. The van der Waals surface area contributed by atoms with Gasteiger partial charge in [0.05, 0.1) is 0 Å². The molecule has 2 rings (SSSR count). The Balaban J connectivity index is 2.21. The van der Waals surface area contributed by atoms with Crippen molar-refractivity contribution in [1.29, 1.82) is 0 Å². The number of ether oxygens (including phenoxy) is 1. The predicted octanol–water partition coefficient (Wildman–Crippen LogP) is 3.09. The van der Waals surface area contributed by atoms with Crippen molar-refractivity contribution in [2.24, 2.45) is 0 Å². The molecule has 2 heteroatoms. The van der Waals surface area contributed by atoms with E-state index in [2.05, 4.69) is 62.3 Å². The summed E-state index contributed by atoms with van der Waals surface area (Å²) >= 11 is 0. The molecule has 0 aromatic heterocycles. The van der Waals surface area contributed by atoms with Crippen molar-refractivity contribution in [3.63, 3.8) is 0 Å². The average Bonchev–Trinajstić information content (AvgIpc) is 2.32. The van der Waals surface area contributed by atoms with Crippen LogP contribution in [0.15, 0.2) is 36.4 Å². The van der Waals surface area contributed by atoms with Gasteiger partial charge in [0.25, 0.3) is 0 Å². The van der Waals surface area contributed by atoms with Crippen LogP contribution in [-0.4, -0.2) is 32.1 Å². The van der Waals surface area contributed by atoms with Crippen LogP contribution in [0.1, 0.15) is 5.56 Å². The first-order valence-corrected chi connectivity index (χ1v) is 5.94. The minimum absolute atomic E-state index is 0.728. The van der Waals surface area contributed by atoms with Gasteiger partial charge in [-0.2, -0.15) is 0 Å². The van der Waals surface area contributed by atoms with Gasteiger partial charge in [0.2, 0.25) is 0 Å². The zero-order valence-electron chi connectivity index (χ0n) is 10.7. The molecule has 0 saturated heterocycles. The number of hydrogen-bond donors (Lipinski definition) is 0. The van der Waals surface area contributed by atoms with Crippen LogP contribution in [0.2, 0.25) is 0 Å². The lowest BCUT2D eigenvalue weighted by Gasteiger charge is -2.13. The molecule has 0 N–H and O–H groups in total. The van der Waals surface area contributed by atoms with E-state index in [0.29, 0.717) is 0 Å². The maximum absolute atomic E-state index is 5.81. The fourth-order valence-corrected chi connectivity index (χ4v) is 1.90. The highest BCUT2D eigenvalue weighted by atomic mass is 16.5. The lowest BCUT2D eigenvalue weighted by Crippen LogP contribution is -2.19. The van der Waals surface area contributed by atoms with E-state index >= 15 is 0 Å². The first-order valence-electron chi connectivity index (χ1n) is 5.94. The summed E-state index contributed by atoms with van der Waals surface area (Å²) in [7, 11) is 4.10. The van der Waals surface area contributed by atoms with Gasteiger partial charge in [-0.1, -0.05) is 30.3 Å². The highest BCUT2D eigenvalue weighted by Crippen LogP contribution is 2.26. The molecule has 0 fully saturated rings. The molecule has 2 aromatic rings. The number of likely N-dealkylation sites (N-methyl/N-ethyl adjacent to an activating group) is 1. The van der Waals surface area contributed by atoms with Crippen molar-refractivity contribution in [3.8, 4) is 5.75 Å². The number of benzene rings is 2. The van der Waals surface area contributed by atoms with E-state index < -0.39 is 0 Å². The second kappa shape index (κ2) is 5.19. The van der Waals surface area contributed by atoms with Gasteiger partial charge in [0, 0.05) is 6.54 Å². The van der Waals surface area contributed by atoms with Crippen LogP contribution in [0.3, 0.4) is 0 Å². The van der Waals surface area contributed by atoms with E-state index in [0.717, 1.165) is 18.9 Å². The lowest BCUT2D eigenvalue weighted by molar-refractivity contribution is 0.260. The zero-order valence-corrected chi connectivity index (χ0v) is 10.7. The summed E-state index contributed by atoms with van der Waals surface area (Å²) in [5, 5.41) is 2.54. The Hall–Kier alpha value is -1.54. The highest BCUT2D eigenvalue weighted by molar-refractivity contribution is 5.87. The van der Waals surface area contributed by atoms with E-state index in [1.165, 1.54) is 16.3 Å². The van der Waals surface area contributed by atoms with Crippen molar-refractivity contribution in [2.75, 3.05) is 27.2 Å². The van der Waals surface area contributed by atoms with E-state index in [9.17, 15) is 0 Å². The molecular weight excluding hydrogens is 210 g/mol. The van der Waals surface area contributed by atoms with E-state index in [1.807, 2.05) is 0 Å². The topological polar surface area (TPSA) is 12.5 Å². The third-order valence-electron chi connectivity index (χ3n) is 2.94. The van der Waals surface area contributed by atoms with Crippen molar-refractivity contribution in [1.82, 2.24) is 4.90 Å². The fraction of sp³-hybridized carbons (Fsp3) is 0.333. The monoisotopic (exact) mass is 229 g/mol. The van der Waals surface area contributed by atoms with Crippen LogP contribution in [0.25, 0.3) is 10.8 Å². The molecular formula is C15H19NO. The summed E-state index contributed by atoms with van der Waals surface area (Å²) in [6.45, 7) is 3.78. The lowest BCUT2D eigenvalue weighted by atomic mass is 10.0.